The van der Waals surface area contributed by atoms with Gasteiger partial charge in [-0.2, -0.15) is 0 Å². The van der Waals surface area contributed by atoms with Crippen LogP contribution in [0.4, 0.5) is 0 Å². The highest BCUT2D eigenvalue weighted by atomic mass is 16.5. The minimum Gasteiger partial charge on any atom is -0.493 e. The monoisotopic (exact) mass is 377 g/mol. The predicted octanol–water partition coefficient (Wildman–Crippen LogP) is 4.06. The lowest BCUT2D eigenvalue weighted by Crippen LogP contribution is -2.45. The first-order valence-electron chi connectivity index (χ1n) is 9.97. The van der Waals surface area contributed by atoms with Crippen molar-refractivity contribution in [3.63, 3.8) is 0 Å². The SMILES string of the molecule is CCOc1ccccc1-c1nc(CN2CCN(Cc3ccccc3)CC2)co1. The van der Waals surface area contributed by atoms with Gasteiger partial charge in [0.1, 0.15) is 12.0 Å². The van der Waals surface area contributed by atoms with E-state index in [-0.39, 0.29) is 0 Å². The normalized spacial score (nSPS) is 15.6. The van der Waals surface area contributed by atoms with Crippen molar-refractivity contribution in [3.8, 4) is 17.2 Å². The van der Waals surface area contributed by atoms with E-state index in [4.69, 9.17) is 14.1 Å². The molecule has 1 aromatic heterocycles. The van der Waals surface area contributed by atoms with Gasteiger partial charge >= 0.3 is 0 Å². The Kier molecular flexibility index (Phi) is 6.04. The number of nitrogens with zero attached hydrogens (tertiary/aromatic N) is 3. The molecule has 146 valence electrons. The Morgan fingerprint density at radius 1 is 0.893 bits per heavy atom. The van der Waals surface area contributed by atoms with E-state index in [1.54, 1.807) is 6.26 Å². The number of para-hydroxylation sites is 1. The molecule has 2 aromatic carbocycles. The molecule has 0 atom stereocenters. The Balaban J connectivity index is 1.33. The molecule has 0 unspecified atom stereocenters. The van der Waals surface area contributed by atoms with Gasteiger partial charge in [0.2, 0.25) is 5.89 Å². The van der Waals surface area contributed by atoms with Gasteiger partial charge in [0.05, 0.1) is 17.9 Å². The number of hydrogen-bond donors (Lipinski definition) is 0. The van der Waals surface area contributed by atoms with Gasteiger partial charge < -0.3 is 9.15 Å². The first-order chi connectivity index (χ1) is 13.8. The van der Waals surface area contributed by atoms with Gasteiger partial charge in [-0.3, -0.25) is 9.80 Å². The van der Waals surface area contributed by atoms with Crippen LogP contribution in [0, 0.1) is 0 Å². The Morgan fingerprint density at radius 2 is 1.57 bits per heavy atom. The maximum absolute atomic E-state index is 5.75. The standard InChI is InChI=1S/C23H27N3O2/c1-2-27-22-11-7-6-10-21(22)23-24-20(18-28-23)17-26-14-12-25(13-15-26)16-19-8-4-3-5-9-19/h3-11,18H,2,12-17H2,1H3. The van der Waals surface area contributed by atoms with Gasteiger partial charge in [0.25, 0.3) is 0 Å². The molecule has 0 spiro atoms. The first kappa shape index (κ1) is 18.7. The number of hydrogen-bond acceptors (Lipinski definition) is 5. The molecule has 5 heteroatoms. The van der Waals surface area contributed by atoms with Crippen molar-refractivity contribution in [2.24, 2.45) is 0 Å². The second kappa shape index (κ2) is 9.04. The van der Waals surface area contributed by atoms with Gasteiger partial charge in [-0.15, -0.1) is 0 Å². The number of benzene rings is 2. The summed E-state index contributed by atoms with van der Waals surface area (Å²) in [6.07, 6.45) is 1.77. The van der Waals surface area contributed by atoms with Crippen LogP contribution in [0.15, 0.2) is 65.3 Å². The summed E-state index contributed by atoms with van der Waals surface area (Å²) in [7, 11) is 0. The van der Waals surface area contributed by atoms with Crippen molar-refractivity contribution < 1.29 is 9.15 Å². The lowest BCUT2D eigenvalue weighted by Gasteiger charge is -2.34. The minimum atomic E-state index is 0.623. The summed E-state index contributed by atoms with van der Waals surface area (Å²) in [5.41, 5.74) is 3.26. The van der Waals surface area contributed by atoms with E-state index in [1.165, 1.54) is 5.56 Å². The van der Waals surface area contributed by atoms with Crippen molar-refractivity contribution in [3.05, 3.63) is 72.1 Å². The molecule has 5 nitrogen and oxygen atoms in total. The Morgan fingerprint density at radius 3 is 2.32 bits per heavy atom. The topological polar surface area (TPSA) is 41.7 Å². The second-order valence-electron chi connectivity index (χ2n) is 7.11. The molecule has 0 bridgehead atoms. The number of aromatic nitrogens is 1. The molecule has 0 saturated carbocycles. The van der Waals surface area contributed by atoms with Crippen molar-refractivity contribution in [1.29, 1.82) is 0 Å². The van der Waals surface area contributed by atoms with Crippen molar-refractivity contribution >= 4 is 0 Å². The van der Waals surface area contributed by atoms with Crippen LogP contribution >= 0.6 is 0 Å². The van der Waals surface area contributed by atoms with Crippen LogP contribution in [-0.4, -0.2) is 47.6 Å². The zero-order valence-corrected chi connectivity index (χ0v) is 16.4. The van der Waals surface area contributed by atoms with Crippen LogP contribution < -0.4 is 4.74 Å². The van der Waals surface area contributed by atoms with E-state index in [2.05, 4.69) is 40.1 Å². The minimum absolute atomic E-state index is 0.623. The zero-order chi connectivity index (χ0) is 19.2. The maximum Gasteiger partial charge on any atom is 0.229 e. The maximum atomic E-state index is 5.75. The van der Waals surface area contributed by atoms with E-state index in [9.17, 15) is 0 Å². The summed E-state index contributed by atoms with van der Waals surface area (Å²) in [6.45, 7) is 8.69. The highest BCUT2D eigenvalue weighted by Gasteiger charge is 2.19. The van der Waals surface area contributed by atoms with Crippen molar-refractivity contribution in [1.82, 2.24) is 14.8 Å². The van der Waals surface area contributed by atoms with E-state index in [0.29, 0.717) is 12.5 Å². The third kappa shape index (κ3) is 4.61. The van der Waals surface area contributed by atoms with Crippen LogP contribution in [0.2, 0.25) is 0 Å². The van der Waals surface area contributed by atoms with Gasteiger partial charge in [-0.1, -0.05) is 42.5 Å². The molecule has 3 aromatic rings. The molecule has 0 N–H and O–H groups in total. The molecular weight excluding hydrogens is 350 g/mol. The average Bonchev–Trinajstić information content (AvgIpc) is 3.19. The summed E-state index contributed by atoms with van der Waals surface area (Å²) < 4.78 is 11.4. The summed E-state index contributed by atoms with van der Waals surface area (Å²) >= 11 is 0. The number of rotatable bonds is 7. The van der Waals surface area contributed by atoms with Crippen LogP contribution in [-0.2, 0) is 13.1 Å². The smallest absolute Gasteiger partial charge is 0.229 e. The van der Waals surface area contributed by atoms with Crippen LogP contribution in [0.5, 0.6) is 5.75 Å². The third-order valence-corrected chi connectivity index (χ3v) is 5.07. The Hall–Kier alpha value is -2.63. The van der Waals surface area contributed by atoms with Crippen molar-refractivity contribution in [2.75, 3.05) is 32.8 Å². The molecule has 1 fully saturated rings. The van der Waals surface area contributed by atoms with E-state index < -0.39 is 0 Å². The lowest BCUT2D eigenvalue weighted by atomic mass is 10.2. The lowest BCUT2D eigenvalue weighted by molar-refractivity contribution is 0.121. The molecule has 1 aliphatic rings. The molecule has 4 rings (SSSR count). The van der Waals surface area contributed by atoms with Crippen LogP contribution in [0.3, 0.4) is 0 Å². The molecule has 0 aliphatic carbocycles. The molecule has 1 aliphatic heterocycles. The fourth-order valence-electron chi connectivity index (χ4n) is 3.60. The average molecular weight is 377 g/mol. The van der Waals surface area contributed by atoms with Crippen LogP contribution in [0.25, 0.3) is 11.5 Å². The Bertz CT molecular complexity index is 870. The molecule has 0 amide bonds. The number of ether oxygens (including phenoxy) is 1. The van der Waals surface area contributed by atoms with E-state index in [0.717, 1.165) is 56.3 Å². The molecule has 0 radical (unpaired) electrons. The van der Waals surface area contributed by atoms with Crippen molar-refractivity contribution in [2.45, 2.75) is 20.0 Å². The molecule has 1 saturated heterocycles. The van der Waals surface area contributed by atoms with Gasteiger partial charge in [0.15, 0.2) is 0 Å². The van der Waals surface area contributed by atoms with E-state index >= 15 is 0 Å². The number of oxazole rings is 1. The fraction of sp³-hybridized carbons (Fsp3) is 0.348. The van der Waals surface area contributed by atoms with Gasteiger partial charge in [-0.25, -0.2) is 4.98 Å². The summed E-state index contributed by atoms with van der Waals surface area (Å²) in [4.78, 5) is 9.66. The van der Waals surface area contributed by atoms with Crippen LogP contribution in [0.1, 0.15) is 18.2 Å². The fourth-order valence-corrected chi connectivity index (χ4v) is 3.60. The third-order valence-electron chi connectivity index (χ3n) is 5.07. The number of piperazine rings is 1. The summed E-state index contributed by atoms with van der Waals surface area (Å²) in [5.74, 6) is 1.44. The molecular formula is C23H27N3O2. The van der Waals surface area contributed by atoms with E-state index in [1.807, 2.05) is 31.2 Å². The first-order valence-corrected chi connectivity index (χ1v) is 9.97. The van der Waals surface area contributed by atoms with Gasteiger partial charge in [0, 0.05) is 39.3 Å². The molecule has 2 heterocycles. The Labute approximate surface area is 166 Å². The largest absolute Gasteiger partial charge is 0.493 e. The zero-order valence-electron chi connectivity index (χ0n) is 16.4. The molecule has 28 heavy (non-hydrogen) atoms. The van der Waals surface area contributed by atoms with Gasteiger partial charge in [-0.05, 0) is 24.6 Å². The summed E-state index contributed by atoms with van der Waals surface area (Å²) in [5, 5.41) is 0. The highest BCUT2D eigenvalue weighted by molar-refractivity contribution is 5.62. The second-order valence-corrected chi connectivity index (χ2v) is 7.11. The quantitative estimate of drug-likeness (QED) is 0.621. The highest BCUT2D eigenvalue weighted by Crippen LogP contribution is 2.29. The summed E-state index contributed by atoms with van der Waals surface area (Å²) in [6, 6.07) is 18.6. The predicted molar refractivity (Wildman–Crippen MR) is 110 cm³/mol.